The number of aromatic nitrogens is 1. The van der Waals surface area contributed by atoms with Crippen LogP contribution in [0.4, 0.5) is 4.39 Å². The van der Waals surface area contributed by atoms with E-state index in [2.05, 4.69) is 10.4 Å². The maximum absolute atomic E-state index is 13.1. The van der Waals surface area contributed by atoms with Crippen molar-refractivity contribution in [2.45, 2.75) is 0 Å². The Bertz CT molecular complexity index is 628. The van der Waals surface area contributed by atoms with Gasteiger partial charge in [-0.2, -0.15) is 11.3 Å². The van der Waals surface area contributed by atoms with Crippen molar-refractivity contribution >= 4 is 22.7 Å². The molecule has 0 N–H and O–H groups in total. The van der Waals surface area contributed by atoms with E-state index < -0.39 is 0 Å². The second-order valence-electron chi connectivity index (χ2n) is 3.56. The molecule has 0 aliphatic heterocycles. The summed E-state index contributed by atoms with van der Waals surface area (Å²) in [5.41, 5.74) is 2.78. The molecule has 3 aromatic rings. The van der Waals surface area contributed by atoms with Gasteiger partial charge in [0.15, 0.2) is 0 Å². The number of nitrogens with zero attached hydrogens (tertiary/aromatic N) is 1. The molecule has 0 radical (unpaired) electrons. The van der Waals surface area contributed by atoms with Crippen molar-refractivity contribution in [2.75, 3.05) is 0 Å². The highest BCUT2D eigenvalue weighted by molar-refractivity contribution is 7.14. The lowest BCUT2D eigenvalue weighted by Gasteiger charge is -1.95. The Morgan fingerprint density at radius 2 is 2.00 bits per heavy atom. The summed E-state index contributed by atoms with van der Waals surface area (Å²) in [7, 11) is 0. The summed E-state index contributed by atoms with van der Waals surface area (Å²) in [6.45, 7) is 0. The molecule has 2 aromatic heterocycles. The molecule has 0 fully saturated rings. The molecule has 84 valence electrons. The summed E-state index contributed by atoms with van der Waals surface area (Å²) in [5, 5.41) is 7.03. The van der Waals surface area contributed by atoms with Gasteiger partial charge in [-0.3, -0.25) is 0 Å². The number of thiazole rings is 1. The molecule has 0 atom stereocenters. The highest BCUT2D eigenvalue weighted by atomic mass is 32.1. The zero-order valence-corrected chi connectivity index (χ0v) is 10.4. The van der Waals surface area contributed by atoms with Gasteiger partial charge in [0.25, 0.3) is 0 Å². The van der Waals surface area contributed by atoms with Gasteiger partial charge in [-0.15, -0.1) is 11.3 Å². The van der Waals surface area contributed by atoms with Crippen molar-refractivity contribution in [3.05, 3.63) is 52.3 Å². The van der Waals surface area contributed by atoms with Gasteiger partial charge < -0.3 is 0 Å². The van der Waals surface area contributed by atoms with Gasteiger partial charge in [0, 0.05) is 21.9 Å². The zero-order chi connectivity index (χ0) is 11.7. The summed E-state index contributed by atoms with van der Waals surface area (Å²) < 4.78 is 13.1. The molecule has 0 saturated heterocycles. The van der Waals surface area contributed by atoms with Gasteiger partial charge in [0.1, 0.15) is 10.8 Å². The Morgan fingerprint density at radius 1 is 1.06 bits per heavy atom. The van der Waals surface area contributed by atoms with Crippen LogP contribution < -0.4 is 0 Å². The second-order valence-corrected chi connectivity index (χ2v) is 5.20. The van der Waals surface area contributed by atoms with Crippen molar-refractivity contribution in [1.82, 2.24) is 4.98 Å². The van der Waals surface area contributed by atoms with Crippen molar-refractivity contribution in [1.29, 1.82) is 0 Å². The van der Waals surface area contributed by atoms with E-state index in [0.717, 1.165) is 21.8 Å². The number of thiophene rings is 1. The molecule has 1 nitrogen and oxygen atoms in total. The Hall–Kier alpha value is -1.52. The van der Waals surface area contributed by atoms with Crippen LogP contribution in [0.15, 0.2) is 46.5 Å². The average molecular weight is 261 g/mol. The van der Waals surface area contributed by atoms with E-state index in [1.165, 1.54) is 12.1 Å². The topological polar surface area (TPSA) is 12.9 Å². The Labute approximate surface area is 106 Å². The van der Waals surface area contributed by atoms with Crippen molar-refractivity contribution in [2.24, 2.45) is 0 Å². The minimum atomic E-state index is -0.229. The predicted molar refractivity (Wildman–Crippen MR) is 70.8 cm³/mol. The van der Waals surface area contributed by atoms with Gasteiger partial charge in [-0.25, -0.2) is 9.37 Å². The summed E-state index contributed by atoms with van der Waals surface area (Å²) in [6, 6.07) is 8.56. The standard InChI is InChI=1S/C13H8FNS2/c14-11-3-1-2-9(6-11)12-8-17-13(15-12)10-4-5-16-7-10/h1-8H. The fourth-order valence-corrected chi connectivity index (χ4v) is 3.11. The van der Waals surface area contributed by atoms with Gasteiger partial charge in [-0.1, -0.05) is 12.1 Å². The molecule has 0 aliphatic rings. The third kappa shape index (κ3) is 2.14. The van der Waals surface area contributed by atoms with Gasteiger partial charge in [0.2, 0.25) is 0 Å². The first-order valence-electron chi connectivity index (χ1n) is 5.07. The third-order valence-corrected chi connectivity index (χ3v) is 3.97. The van der Waals surface area contributed by atoms with E-state index in [1.807, 2.05) is 22.9 Å². The van der Waals surface area contributed by atoms with Crippen LogP contribution >= 0.6 is 22.7 Å². The van der Waals surface area contributed by atoms with E-state index in [0.29, 0.717) is 0 Å². The highest BCUT2D eigenvalue weighted by Crippen LogP contribution is 2.30. The van der Waals surface area contributed by atoms with E-state index in [1.54, 1.807) is 28.7 Å². The van der Waals surface area contributed by atoms with Crippen LogP contribution in [0.1, 0.15) is 0 Å². The number of hydrogen-bond acceptors (Lipinski definition) is 3. The second kappa shape index (κ2) is 4.39. The van der Waals surface area contributed by atoms with E-state index in [4.69, 9.17) is 0 Å². The molecule has 2 heterocycles. The lowest BCUT2D eigenvalue weighted by molar-refractivity contribution is 0.628. The average Bonchev–Trinajstić information content (AvgIpc) is 3.00. The van der Waals surface area contributed by atoms with Gasteiger partial charge >= 0.3 is 0 Å². The molecule has 0 bridgehead atoms. The molecular weight excluding hydrogens is 253 g/mol. The maximum atomic E-state index is 13.1. The van der Waals surface area contributed by atoms with Gasteiger partial charge in [0.05, 0.1) is 5.69 Å². The Balaban J connectivity index is 2.01. The summed E-state index contributed by atoms with van der Waals surface area (Å²) in [5.74, 6) is -0.229. The number of hydrogen-bond donors (Lipinski definition) is 0. The van der Waals surface area contributed by atoms with Crippen LogP contribution in [0, 0.1) is 5.82 Å². The number of benzene rings is 1. The lowest BCUT2D eigenvalue weighted by Crippen LogP contribution is -1.80. The highest BCUT2D eigenvalue weighted by Gasteiger charge is 2.07. The molecule has 0 aliphatic carbocycles. The van der Waals surface area contributed by atoms with Crippen molar-refractivity contribution < 1.29 is 4.39 Å². The third-order valence-electron chi connectivity index (χ3n) is 2.39. The van der Waals surface area contributed by atoms with Crippen molar-refractivity contribution in [3.63, 3.8) is 0 Å². The largest absolute Gasteiger partial charge is 0.236 e. The van der Waals surface area contributed by atoms with E-state index in [9.17, 15) is 4.39 Å². The monoisotopic (exact) mass is 261 g/mol. The first kappa shape index (κ1) is 10.6. The van der Waals surface area contributed by atoms with Crippen LogP contribution in [-0.2, 0) is 0 Å². The molecule has 0 unspecified atom stereocenters. The molecule has 4 heteroatoms. The fraction of sp³-hybridized carbons (Fsp3) is 0. The normalized spacial score (nSPS) is 10.6. The lowest BCUT2D eigenvalue weighted by atomic mass is 10.2. The number of halogens is 1. The quantitative estimate of drug-likeness (QED) is 0.653. The maximum Gasteiger partial charge on any atom is 0.124 e. The van der Waals surface area contributed by atoms with E-state index >= 15 is 0 Å². The van der Waals surface area contributed by atoms with Crippen LogP contribution in [0.3, 0.4) is 0 Å². The molecule has 3 rings (SSSR count). The van der Waals surface area contributed by atoms with E-state index in [-0.39, 0.29) is 5.82 Å². The SMILES string of the molecule is Fc1cccc(-c2csc(-c3ccsc3)n2)c1. The van der Waals surface area contributed by atoms with Gasteiger partial charge in [-0.05, 0) is 23.6 Å². The van der Waals surface area contributed by atoms with Crippen molar-refractivity contribution in [3.8, 4) is 21.8 Å². The summed E-state index contributed by atoms with van der Waals surface area (Å²) in [4.78, 5) is 4.52. The molecule has 0 amide bonds. The Kier molecular flexibility index (Phi) is 2.74. The molecule has 0 spiro atoms. The van der Waals surface area contributed by atoms with Crippen LogP contribution in [-0.4, -0.2) is 4.98 Å². The molecule has 17 heavy (non-hydrogen) atoms. The fourth-order valence-electron chi connectivity index (χ4n) is 1.57. The molecule has 0 saturated carbocycles. The molecular formula is C13H8FNS2. The Morgan fingerprint density at radius 3 is 2.76 bits per heavy atom. The zero-order valence-electron chi connectivity index (χ0n) is 8.76. The first-order chi connectivity index (χ1) is 8.33. The minimum Gasteiger partial charge on any atom is -0.236 e. The minimum absolute atomic E-state index is 0.229. The molecule has 1 aromatic carbocycles. The predicted octanol–water partition coefficient (Wildman–Crippen LogP) is 4.68. The first-order valence-corrected chi connectivity index (χ1v) is 6.89. The summed E-state index contributed by atoms with van der Waals surface area (Å²) >= 11 is 3.23. The number of rotatable bonds is 2. The van der Waals surface area contributed by atoms with Crippen LogP contribution in [0.5, 0.6) is 0 Å². The summed E-state index contributed by atoms with van der Waals surface area (Å²) in [6.07, 6.45) is 0. The smallest absolute Gasteiger partial charge is 0.124 e. The van der Waals surface area contributed by atoms with Crippen LogP contribution in [0.2, 0.25) is 0 Å². The van der Waals surface area contributed by atoms with Crippen LogP contribution in [0.25, 0.3) is 21.8 Å².